The molecule has 0 atom stereocenters. The number of rotatable bonds is 4. The molecule has 0 saturated carbocycles. The van der Waals surface area contributed by atoms with Crippen molar-refractivity contribution in [2.45, 2.75) is 51.9 Å². The van der Waals surface area contributed by atoms with Crippen LogP contribution in [0.1, 0.15) is 49.3 Å². The molecule has 0 aliphatic heterocycles. The molecule has 4 rings (SSSR count). The minimum atomic E-state index is 1.16. The van der Waals surface area contributed by atoms with Gasteiger partial charge in [0.05, 0.1) is 0 Å². The summed E-state index contributed by atoms with van der Waals surface area (Å²) in [5.74, 6) is 0. The maximum Gasteiger partial charge on any atom is -0.0117 e. The van der Waals surface area contributed by atoms with Crippen LogP contribution >= 0.6 is 0 Å². The van der Waals surface area contributed by atoms with Crippen LogP contribution in [0.2, 0.25) is 0 Å². The molecule has 0 bridgehead atoms. The summed E-state index contributed by atoms with van der Waals surface area (Å²) in [6.45, 7) is 2.29. The fourth-order valence-corrected chi connectivity index (χ4v) is 4.38. The van der Waals surface area contributed by atoms with Gasteiger partial charge < -0.3 is 0 Å². The van der Waals surface area contributed by atoms with E-state index in [-0.39, 0.29) is 0 Å². The number of hydrogen-bond acceptors (Lipinski definition) is 0. The Morgan fingerprint density at radius 2 is 1.46 bits per heavy atom. The van der Waals surface area contributed by atoms with Crippen molar-refractivity contribution in [2.75, 3.05) is 0 Å². The zero-order valence-electron chi connectivity index (χ0n) is 15.8. The first kappa shape index (κ1) is 17.1. The first-order chi connectivity index (χ1) is 12.9. The summed E-state index contributed by atoms with van der Waals surface area (Å²) in [5, 5.41) is 0. The summed E-state index contributed by atoms with van der Waals surface area (Å²) in [4.78, 5) is 0. The normalized spacial score (nSPS) is 13.9. The van der Waals surface area contributed by atoms with E-state index in [1.54, 1.807) is 11.1 Å². The Morgan fingerprint density at radius 3 is 2.31 bits per heavy atom. The number of fused-ring (bicyclic) bond motifs is 1. The predicted molar refractivity (Wildman–Crippen MR) is 113 cm³/mol. The highest BCUT2D eigenvalue weighted by Crippen LogP contribution is 2.36. The number of benzene rings is 3. The van der Waals surface area contributed by atoms with E-state index in [4.69, 9.17) is 0 Å². The van der Waals surface area contributed by atoms with Gasteiger partial charge >= 0.3 is 0 Å². The molecule has 0 saturated heterocycles. The van der Waals surface area contributed by atoms with Gasteiger partial charge in [0.25, 0.3) is 0 Å². The molecule has 0 nitrogen and oxygen atoms in total. The van der Waals surface area contributed by atoms with Gasteiger partial charge in [-0.05, 0) is 77.1 Å². The van der Waals surface area contributed by atoms with Gasteiger partial charge in [-0.15, -0.1) is 0 Å². The average Bonchev–Trinajstić information content (AvgIpc) is 2.94. The molecule has 1 aliphatic rings. The van der Waals surface area contributed by atoms with E-state index < -0.39 is 0 Å². The zero-order chi connectivity index (χ0) is 17.8. The Kier molecular flexibility index (Phi) is 5.20. The maximum absolute atomic E-state index is 2.41. The average molecular weight is 341 g/mol. The van der Waals surface area contributed by atoms with Crippen LogP contribution in [0, 0.1) is 0 Å². The van der Waals surface area contributed by atoms with Gasteiger partial charge in [0.15, 0.2) is 0 Å². The van der Waals surface area contributed by atoms with Crippen molar-refractivity contribution in [1.29, 1.82) is 0 Å². The van der Waals surface area contributed by atoms with Crippen LogP contribution in [0.15, 0.2) is 66.7 Å². The van der Waals surface area contributed by atoms with Crippen molar-refractivity contribution in [2.24, 2.45) is 0 Å². The standard InChI is InChI=1S/C26H28/c1-2-10-22-18-17-21-13-7-4-8-16-25(21)26(22)24-15-9-14-23(19-24)20-11-5-3-6-12-20/h3,5-6,9,11-12,14-15,17-19H,2,4,7-8,10,13,16H2,1H3. The maximum atomic E-state index is 2.41. The fourth-order valence-electron chi connectivity index (χ4n) is 4.38. The summed E-state index contributed by atoms with van der Waals surface area (Å²) in [5.41, 5.74) is 10.3. The molecule has 0 heterocycles. The molecule has 0 heteroatoms. The van der Waals surface area contributed by atoms with E-state index in [1.165, 1.54) is 66.3 Å². The summed E-state index contributed by atoms with van der Waals surface area (Å²) in [6.07, 6.45) is 8.87. The van der Waals surface area contributed by atoms with E-state index in [9.17, 15) is 0 Å². The second kappa shape index (κ2) is 7.91. The molecule has 0 unspecified atom stereocenters. The first-order valence-electron chi connectivity index (χ1n) is 10.2. The van der Waals surface area contributed by atoms with Crippen molar-refractivity contribution in [3.63, 3.8) is 0 Å². The van der Waals surface area contributed by atoms with Gasteiger partial charge in [-0.2, -0.15) is 0 Å². The fraction of sp³-hybridized carbons (Fsp3) is 0.308. The van der Waals surface area contributed by atoms with Crippen molar-refractivity contribution in [1.82, 2.24) is 0 Å². The van der Waals surface area contributed by atoms with E-state index >= 15 is 0 Å². The van der Waals surface area contributed by atoms with E-state index in [0.717, 1.165) is 6.42 Å². The Labute approximate surface area is 157 Å². The van der Waals surface area contributed by atoms with Crippen LogP contribution in [0.3, 0.4) is 0 Å². The molecule has 0 radical (unpaired) electrons. The van der Waals surface area contributed by atoms with Gasteiger partial charge in [-0.1, -0.05) is 80.4 Å². The minimum absolute atomic E-state index is 1.16. The lowest BCUT2D eigenvalue weighted by atomic mass is 9.86. The van der Waals surface area contributed by atoms with Crippen molar-refractivity contribution in [3.8, 4) is 22.3 Å². The van der Waals surface area contributed by atoms with E-state index in [0.29, 0.717) is 0 Å². The van der Waals surface area contributed by atoms with Gasteiger partial charge in [0.1, 0.15) is 0 Å². The molecular weight excluding hydrogens is 312 g/mol. The van der Waals surface area contributed by atoms with Crippen molar-refractivity contribution < 1.29 is 0 Å². The third-order valence-electron chi connectivity index (χ3n) is 5.65. The summed E-state index contributed by atoms with van der Waals surface area (Å²) < 4.78 is 0. The second-order valence-electron chi connectivity index (χ2n) is 7.49. The topological polar surface area (TPSA) is 0 Å². The number of hydrogen-bond donors (Lipinski definition) is 0. The molecule has 0 amide bonds. The smallest absolute Gasteiger partial charge is 0.0117 e. The molecule has 0 spiro atoms. The summed E-state index contributed by atoms with van der Waals surface area (Å²) in [7, 11) is 0. The second-order valence-corrected chi connectivity index (χ2v) is 7.49. The Balaban J connectivity index is 1.86. The highest BCUT2D eigenvalue weighted by molar-refractivity contribution is 5.78. The third kappa shape index (κ3) is 3.46. The minimum Gasteiger partial charge on any atom is -0.0651 e. The van der Waals surface area contributed by atoms with Crippen molar-refractivity contribution >= 4 is 0 Å². The highest BCUT2D eigenvalue weighted by atomic mass is 14.2. The molecule has 0 fully saturated rings. The zero-order valence-corrected chi connectivity index (χ0v) is 15.8. The monoisotopic (exact) mass is 340 g/mol. The summed E-state index contributed by atoms with van der Waals surface area (Å²) >= 11 is 0. The van der Waals surface area contributed by atoms with Gasteiger partial charge in [0, 0.05) is 0 Å². The van der Waals surface area contributed by atoms with E-state index in [1.807, 2.05) is 0 Å². The van der Waals surface area contributed by atoms with Crippen LogP contribution in [0.25, 0.3) is 22.3 Å². The molecule has 3 aromatic carbocycles. The molecule has 1 aliphatic carbocycles. The Morgan fingerprint density at radius 1 is 0.692 bits per heavy atom. The first-order valence-corrected chi connectivity index (χ1v) is 10.2. The number of aryl methyl sites for hydroxylation is 2. The third-order valence-corrected chi connectivity index (χ3v) is 5.65. The largest absolute Gasteiger partial charge is 0.0651 e. The van der Waals surface area contributed by atoms with Crippen LogP contribution in [-0.2, 0) is 19.3 Å². The highest BCUT2D eigenvalue weighted by Gasteiger charge is 2.17. The lowest BCUT2D eigenvalue weighted by Gasteiger charge is -2.18. The van der Waals surface area contributed by atoms with Gasteiger partial charge in [-0.25, -0.2) is 0 Å². The predicted octanol–water partition coefficient (Wildman–Crippen LogP) is 7.24. The van der Waals surface area contributed by atoms with Gasteiger partial charge in [-0.3, -0.25) is 0 Å². The quantitative estimate of drug-likeness (QED) is 0.439. The lowest BCUT2D eigenvalue weighted by Crippen LogP contribution is -2.00. The molecule has 3 aromatic rings. The van der Waals surface area contributed by atoms with Gasteiger partial charge in [0.2, 0.25) is 0 Å². The Bertz CT molecular complexity index is 874. The van der Waals surface area contributed by atoms with Crippen molar-refractivity contribution in [3.05, 3.63) is 83.4 Å². The summed E-state index contributed by atoms with van der Waals surface area (Å²) in [6, 6.07) is 24.7. The SMILES string of the molecule is CCCc1ccc2c(c1-c1cccc(-c3ccccc3)c1)CCCCC2. The molecular formula is C26H28. The molecule has 0 N–H and O–H groups in total. The Hall–Kier alpha value is -2.34. The molecule has 26 heavy (non-hydrogen) atoms. The molecule has 0 aromatic heterocycles. The van der Waals surface area contributed by atoms with Crippen LogP contribution < -0.4 is 0 Å². The van der Waals surface area contributed by atoms with E-state index in [2.05, 4.69) is 73.7 Å². The van der Waals surface area contributed by atoms with Crippen LogP contribution in [0.4, 0.5) is 0 Å². The molecule has 132 valence electrons. The van der Waals surface area contributed by atoms with Crippen LogP contribution in [-0.4, -0.2) is 0 Å². The van der Waals surface area contributed by atoms with Crippen LogP contribution in [0.5, 0.6) is 0 Å². The lowest BCUT2D eigenvalue weighted by molar-refractivity contribution is 0.712.